The Hall–Kier alpha value is -3.30. The fourth-order valence-electron chi connectivity index (χ4n) is 4.15. The molecule has 2 N–H and O–H groups in total. The number of fused-ring (bicyclic) bond motifs is 1. The Morgan fingerprint density at radius 1 is 1.06 bits per heavy atom. The number of carbonyl (C=O) groups excluding carboxylic acids is 3. The number of anilines is 1. The van der Waals surface area contributed by atoms with Crippen LogP contribution >= 0.6 is 0 Å². The van der Waals surface area contributed by atoms with Crippen LogP contribution in [0.5, 0.6) is 0 Å². The van der Waals surface area contributed by atoms with Crippen molar-refractivity contribution in [1.82, 2.24) is 15.1 Å². The number of nitrogens with one attached hydrogen (secondary N) is 2. The number of benzene rings is 2. The van der Waals surface area contributed by atoms with Gasteiger partial charge < -0.3 is 15.0 Å². The van der Waals surface area contributed by atoms with Crippen LogP contribution in [0.1, 0.15) is 40.4 Å². The first kappa shape index (κ1) is 23.8. The highest BCUT2D eigenvalue weighted by atomic mass is 19.1. The highest BCUT2D eigenvalue weighted by Gasteiger charge is 2.31. The van der Waals surface area contributed by atoms with Crippen molar-refractivity contribution < 1.29 is 23.5 Å². The normalized spacial score (nSPS) is 15.8. The van der Waals surface area contributed by atoms with E-state index in [1.165, 1.54) is 22.6 Å². The molecule has 0 bridgehead atoms. The summed E-state index contributed by atoms with van der Waals surface area (Å²) >= 11 is 0. The van der Waals surface area contributed by atoms with Crippen LogP contribution in [-0.2, 0) is 34.0 Å². The van der Waals surface area contributed by atoms with Crippen LogP contribution in [0.15, 0.2) is 36.4 Å². The molecule has 34 heavy (non-hydrogen) atoms. The molecular weight excluding hydrogens is 439 g/mol. The number of ether oxygens (including phenoxy) is 1. The summed E-state index contributed by atoms with van der Waals surface area (Å²) in [6.45, 7) is 6.28. The van der Waals surface area contributed by atoms with Crippen molar-refractivity contribution in [3.8, 4) is 0 Å². The van der Waals surface area contributed by atoms with E-state index in [9.17, 15) is 18.8 Å². The Bertz CT molecular complexity index is 1070. The minimum Gasteiger partial charge on any atom is -0.381 e. The van der Waals surface area contributed by atoms with Gasteiger partial charge in [-0.2, -0.15) is 0 Å². The molecular formula is C25H29FN4O4. The lowest BCUT2D eigenvalue weighted by atomic mass is 10.1. The number of nitrogens with zero attached hydrogens (tertiary/aromatic N) is 2. The van der Waals surface area contributed by atoms with Gasteiger partial charge in [0.1, 0.15) is 12.4 Å². The monoisotopic (exact) mass is 468 g/mol. The number of carbonyl (C=O) groups is 3. The first-order valence-corrected chi connectivity index (χ1v) is 11.5. The Kier molecular flexibility index (Phi) is 7.54. The van der Waals surface area contributed by atoms with E-state index in [0.717, 1.165) is 38.4 Å². The van der Waals surface area contributed by atoms with Crippen molar-refractivity contribution in [2.45, 2.75) is 33.0 Å². The fraction of sp³-hybridized carbons (Fsp3) is 0.400. The number of morpholine rings is 1. The number of halogens is 1. The molecule has 0 aliphatic carbocycles. The number of amides is 3. The van der Waals surface area contributed by atoms with Gasteiger partial charge in [-0.05, 0) is 23.3 Å². The molecule has 0 atom stereocenters. The molecule has 2 aromatic rings. The summed E-state index contributed by atoms with van der Waals surface area (Å²) in [4.78, 5) is 39.9. The zero-order chi connectivity index (χ0) is 24.1. The lowest BCUT2D eigenvalue weighted by Crippen LogP contribution is -2.39. The summed E-state index contributed by atoms with van der Waals surface area (Å²) in [5.41, 5.74) is 3.65. The van der Waals surface area contributed by atoms with Crippen molar-refractivity contribution >= 4 is 23.4 Å². The van der Waals surface area contributed by atoms with Gasteiger partial charge in [0.15, 0.2) is 0 Å². The molecule has 0 saturated carbocycles. The fourth-order valence-corrected chi connectivity index (χ4v) is 4.15. The zero-order valence-electron chi connectivity index (χ0n) is 19.2. The molecule has 3 amide bonds. The summed E-state index contributed by atoms with van der Waals surface area (Å²) in [5.74, 6) is -1.91. The van der Waals surface area contributed by atoms with Gasteiger partial charge in [0.2, 0.25) is 11.8 Å². The molecule has 2 aliphatic rings. The number of hydrogen-bond acceptors (Lipinski definition) is 6. The number of imide groups is 1. The maximum atomic E-state index is 14.3. The van der Waals surface area contributed by atoms with Gasteiger partial charge in [-0.3, -0.25) is 24.6 Å². The average molecular weight is 469 g/mol. The Morgan fingerprint density at radius 2 is 1.76 bits per heavy atom. The van der Waals surface area contributed by atoms with E-state index in [2.05, 4.69) is 27.7 Å². The second-order valence-corrected chi connectivity index (χ2v) is 8.52. The molecule has 1 fully saturated rings. The molecule has 8 nitrogen and oxygen atoms in total. The first-order chi connectivity index (χ1) is 16.4. The first-order valence-electron chi connectivity index (χ1n) is 11.5. The third-order valence-corrected chi connectivity index (χ3v) is 6.03. The molecule has 2 heterocycles. The van der Waals surface area contributed by atoms with Gasteiger partial charge >= 0.3 is 0 Å². The van der Waals surface area contributed by atoms with Crippen LogP contribution in [0.4, 0.5) is 10.1 Å². The van der Waals surface area contributed by atoms with Crippen LogP contribution in [0, 0.1) is 5.82 Å². The van der Waals surface area contributed by atoms with Crippen LogP contribution < -0.4 is 10.6 Å². The van der Waals surface area contributed by atoms with Crippen LogP contribution in [-0.4, -0.2) is 60.4 Å². The number of rotatable bonds is 8. The van der Waals surface area contributed by atoms with Crippen molar-refractivity contribution in [2.24, 2.45) is 0 Å². The Labute approximate surface area is 198 Å². The summed E-state index contributed by atoms with van der Waals surface area (Å²) in [6.07, 6.45) is 0.174. The Morgan fingerprint density at radius 3 is 2.47 bits per heavy atom. The van der Waals surface area contributed by atoms with Gasteiger partial charge in [-0.25, -0.2) is 4.39 Å². The predicted octanol–water partition coefficient (Wildman–Crippen LogP) is 2.28. The zero-order valence-corrected chi connectivity index (χ0v) is 19.2. The molecule has 2 aliphatic heterocycles. The van der Waals surface area contributed by atoms with E-state index < -0.39 is 23.5 Å². The summed E-state index contributed by atoms with van der Waals surface area (Å²) < 4.78 is 19.6. The van der Waals surface area contributed by atoms with Crippen molar-refractivity contribution in [1.29, 1.82) is 0 Å². The van der Waals surface area contributed by atoms with Gasteiger partial charge in [0.05, 0.1) is 13.2 Å². The van der Waals surface area contributed by atoms with Gasteiger partial charge in [0.25, 0.3) is 5.91 Å². The second kappa shape index (κ2) is 10.8. The van der Waals surface area contributed by atoms with Crippen LogP contribution in [0.2, 0.25) is 0 Å². The molecule has 1 saturated heterocycles. The van der Waals surface area contributed by atoms with Crippen molar-refractivity contribution in [3.05, 3.63) is 64.5 Å². The van der Waals surface area contributed by atoms with E-state index >= 15 is 0 Å². The lowest BCUT2D eigenvalue weighted by molar-refractivity contribution is -0.130. The quantitative estimate of drug-likeness (QED) is 0.618. The highest BCUT2D eigenvalue weighted by molar-refractivity contribution is 6.03. The van der Waals surface area contributed by atoms with Gasteiger partial charge in [0, 0.05) is 56.0 Å². The van der Waals surface area contributed by atoms with E-state index in [4.69, 9.17) is 4.74 Å². The largest absolute Gasteiger partial charge is 0.381 e. The van der Waals surface area contributed by atoms with Gasteiger partial charge in [-0.15, -0.1) is 0 Å². The molecule has 0 radical (unpaired) electrons. The molecule has 0 spiro atoms. The standard InChI is InChI=1S/C25H29FN4O4/c1-2-23(31)28-24(32)16-30-15-21-20(25(30)33)11-19(26)12-22(21)27-13-17-3-5-18(6-4-17)14-29-7-9-34-10-8-29/h3-6,11-12,27H,2,7-10,13-16H2,1H3,(H,28,31,32). The third kappa shape index (κ3) is 5.78. The summed E-state index contributed by atoms with van der Waals surface area (Å²) in [6, 6.07) is 10.8. The van der Waals surface area contributed by atoms with E-state index in [0.29, 0.717) is 17.8 Å². The topological polar surface area (TPSA) is 91.0 Å². The third-order valence-electron chi connectivity index (χ3n) is 6.03. The SMILES string of the molecule is CCC(=O)NC(=O)CN1Cc2c(NCc3ccc(CN4CCOCC4)cc3)cc(F)cc2C1=O. The van der Waals surface area contributed by atoms with E-state index in [1.54, 1.807) is 6.92 Å². The highest BCUT2D eigenvalue weighted by Crippen LogP contribution is 2.31. The smallest absolute Gasteiger partial charge is 0.255 e. The maximum absolute atomic E-state index is 14.3. The average Bonchev–Trinajstić information content (AvgIpc) is 3.14. The molecule has 9 heteroatoms. The predicted molar refractivity (Wildman–Crippen MR) is 124 cm³/mol. The molecule has 2 aromatic carbocycles. The lowest BCUT2D eigenvalue weighted by Gasteiger charge is -2.26. The summed E-state index contributed by atoms with van der Waals surface area (Å²) in [7, 11) is 0. The second-order valence-electron chi connectivity index (χ2n) is 8.52. The molecule has 4 rings (SSSR count). The summed E-state index contributed by atoms with van der Waals surface area (Å²) in [5, 5.41) is 5.47. The van der Waals surface area contributed by atoms with Crippen LogP contribution in [0.3, 0.4) is 0 Å². The molecule has 180 valence electrons. The Balaban J connectivity index is 1.38. The van der Waals surface area contributed by atoms with Crippen molar-refractivity contribution in [3.63, 3.8) is 0 Å². The van der Waals surface area contributed by atoms with Gasteiger partial charge in [-0.1, -0.05) is 31.2 Å². The number of hydrogen-bond donors (Lipinski definition) is 2. The maximum Gasteiger partial charge on any atom is 0.255 e. The minimum absolute atomic E-state index is 0.170. The van der Waals surface area contributed by atoms with E-state index in [1.807, 2.05) is 12.1 Å². The molecule has 0 unspecified atom stereocenters. The molecule has 0 aromatic heterocycles. The van der Waals surface area contributed by atoms with E-state index in [-0.39, 0.29) is 25.1 Å². The minimum atomic E-state index is -0.555. The van der Waals surface area contributed by atoms with Crippen molar-refractivity contribution in [2.75, 3.05) is 38.2 Å². The van der Waals surface area contributed by atoms with Crippen LogP contribution in [0.25, 0.3) is 0 Å².